The highest BCUT2D eigenvalue weighted by atomic mass is 32.2. The highest BCUT2D eigenvalue weighted by Crippen LogP contribution is 2.34. The molecule has 0 saturated carbocycles. The zero-order valence-electron chi connectivity index (χ0n) is 11.1. The molecule has 4 N–H and O–H groups in total. The molecule has 11 heteroatoms. The average molecular weight is 333 g/mol. The van der Waals surface area contributed by atoms with E-state index in [4.69, 9.17) is 10.5 Å². The topological polar surface area (TPSA) is 119 Å². The van der Waals surface area contributed by atoms with E-state index in [0.29, 0.717) is 22.9 Å². The first kappa shape index (κ1) is 15.3. The molecule has 2 unspecified atom stereocenters. The number of nitrogens with zero attached hydrogens (tertiary/aromatic N) is 4. The molecule has 0 aliphatic carbocycles. The molecule has 1 aliphatic rings. The van der Waals surface area contributed by atoms with E-state index in [1.54, 1.807) is 0 Å². The number of alkyl halides is 2. The van der Waals surface area contributed by atoms with Gasteiger partial charge in [0.15, 0.2) is 17.7 Å². The maximum atomic E-state index is 12.3. The smallest absolute Gasteiger partial charge is 0.284 e. The number of halogens is 2. The van der Waals surface area contributed by atoms with Crippen molar-refractivity contribution in [3.63, 3.8) is 0 Å². The van der Waals surface area contributed by atoms with Gasteiger partial charge in [-0.25, -0.2) is 15.0 Å². The lowest BCUT2D eigenvalue weighted by atomic mass is 10.1. The van der Waals surface area contributed by atoms with E-state index in [0.717, 1.165) is 0 Å². The summed E-state index contributed by atoms with van der Waals surface area (Å²) in [5, 5.41) is 20.0. The van der Waals surface area contributed by atoms with Crippen molar-refractivity contribution >= 4 is 28.7 Å². The molecule has 22 heavy (non-hydrogen) atoms. The Kier molecular flexibility index (Phi) is 4.12. The van der Waals surface area contributed by atoms with Gasteiger partial charge in [-0.05, 0) is 0 Å². The summed E-state index contributed by atoms with van der Waals surface area (Å²) in [6, 6.07) is 0. The minimum Gasteiger partial charge on any atom is -0.387 e. The van der Waals surface area contributed by atoms with Gasteiger partial charge in [0.2, 0.25) is 0 Å². The predicted molar refractivity (Wildman–Crippen MR) is 74.1 cm³/mol. The first-order valence-electron chi connectivity index (χ1n) is 6.33. The molecular formula is C11H13F2N5O3S. The Morgan fingerprint density at radius 3 is 2.82 bits per heavy atom. The van der Waals surface area contributed by atoms with E-state index >= 15 is 0 Å². The Bertz CT molecular complexity index is 672. The van der Waals surface area contributed by atoms with Gasteiger partial charge in [-0.2, -0.15) is 8.78 Å². The van der Waals surface area contributed by atoms with Gasteiger partial charge in [0, 0.05) is 5.75 Å². The summed E-state index contributed by atoms with van der Waals surface area (Å²) in [6.45, 7) is 0. The normalized spacial score (nSPS) is 28.8. The van der Waals surface area contributed by atoms with E-state index in [2.05, 4.69) is 15.0 Å². The maximum absolute atomic E-state index is 12.3. The Morgan fingerprint density at radius 2 is 2.09 bits per heavy atom. The van der Waals surface area contributed by atoms with Gasteiger partial charge < -0.3 is 20.7 Å². The fraction of sp³-hybridized carbons (Fsp3) is 0.545. The highest BCUT2D eigenvalue weighted by molar-refractivity contribution is 7.99. The fourth-order valence-corrected chi connectivity index (χ4v) is 2.93. The lowest BCUT2D eigenvalue weighted by molar-refractivity contribution is -0.0290. The summed E-state index contributed by atoms with van der Waals surface area (Å²) < 4.78 is 31.4. The first-order chi connectivity index (χ1) is 10.5. The number of hydrogen-bond donors (Lipinski definition) is 3. The van der Waals surface area contributed by atoms with Crippen LogP contribution in [0.1, 0.15) is 6.23 Å². The van der Waals surface area contributed by atoms with Gasteiger partial charge in [-0.15, -0.1) is 0 Å². The molecule has 120 valence electrons. The van der Waals surface area contributed by atoms with Crippen LogP contribution in [0, 0.1) is 0 Å². The number of aliphatic hydroxyl groups excluding tert-OH is 2. The molecular weight excluding hydrogens is 320 g/mol. The second-order valence-electron chi connectivity index (χ2n) is 4.72. The van der Waals surface area contributed by atoms with Crippen LogP contribution in [-0.2, 0) is 4.74 Å². The Hall–Kier alpha value is -1.56. The molecule has 1 aliphatic heterocycles. The Morgan fingerprint density at radius 1 is 1.32 bits per heavy atom. The fourth-order valence-electron chi connectivity index (χ4n) is 2.32. The van der Waals surface area contributed by atoms with Crippen molar-refractivity contribution in [1.82, 2.24) is 19.5 Å². The summed E-state index contributed by atoms with van der Waals surface area (Å²) in [6.07, 6.45) is -1.91. The van der Waals surface area contributed by atoms with Crippen molar-refractivity contribution in [3.05, 3.63) is 12.7 Å². The van der Waals surface area contributed by atoms with Crippen molar-refractivity contribution in [2.75, 3.05) is 11.5 Å². The summed E-state index contributed by atoms with van der Waals surface area (Å²) in [5.74, 6) is -2.55. The van der Waals surface area contributed by atoms with Crippen LogP contribution in [0.25, 0.3) is 11.2 Å². The molecule has 0 radical (unpaired) electrons. The Labute approximate surface area is 127 Å². The molecule has 2 aromatic rings. The van der Waals surface area contributed by atoms with E-state index in [1.165, 1.54) is 17.2 Å². The molecule has 1 saturated heterocycles. The van der Waals surface area contributed by atoms with Crippen LogP contribution in [-0.4, -0.2) is 59.6 Å². The van der Waals surface area contributed by atoms with Gasteiger partial charge >= 0.3 is 0 Å². The van der Waals surface area contributed by atoms with Crippen molar-refractivity contribution in [1.29, 1.82) is 0 Å². The quantitative estimate of drug-likeness (QED) is 0.714. The average Bonchev–Trinajstić information content (AvgIpc) is 3.01. The zero-order chi connectivity index (χ0) is 15.9. The molecule has 3 rings (SSSR count). The molecule has 0 amide bonds. The Balaban J connectivity index is 1.86. The van der Waals surface area contributed by atoms with Gasteiger partial charge in [0.05, 0.1) is 12.4 Å². The molecule has 2 aromatic heterocycles. The second kappa shape index (κ2) is 5.91. The maximum Gasteiger partial charge on any atom is 0.284 e. The van der Waals surface area contributed by atoms with Crippen LogP contribution in [0.2, 0.25) is 0 Å². The van der Waals surface area contributed by atoms with Crippen LogP contribution in [0.3, 0.4) is 0 Å². The van der Waals surface area contributed by atoms with Crippen LogP contribution in [0.5, 0.6) is 0 Å². The largest absolute Gasteiger partial charge is 0.387 e. The van der Waals surface area contributed by atoms with Crippen LogP contribution in [0.15, 0.2) is 12.7 Å². The number of thioether (sulfide) groups is 1. The third kappa shape index (κ3) is 2.60. The lowest BCUT2D eigenvalue weighted by Crippen LogP contribution is -2.32. The molecule has 0 aromatic carbocycles. The lowest BCUT2D eigenvalue weighted by Gasteiger charge is -2.16. The summed E-state index contributed by atoms with van der Waals surface area (Å²) in [5.41, 5.74) is 6.33. The van der Waals surface area contributed by atoms with E-state index < -0.39 is 30.3 Å². The highest BCUT2D eigenvalue weighted by Gasteiger charge is 2.44. The van der Waals surface area contributed by atoms with Gasteiger partial charge in [0.1, 0.15) is 24.1 Å². The molecule has 0 bridgehead atoms. The van der Waals surface area contributed by atoms with Crippen molar-refractivity contribution in [2.24, 2.45) is 0 Å². The molecule has 0 spiro atoms. The first-order valence-corrected chi connectivity index (χ1v) is 7.38. The number of aliphatic hydroxyl groups is 2. The number of rotatable bonds is 4. The summed E-state index contributed by atoms with van der Waals surface area (Å²) in [7, 11) is 0. The van der Waals surface area contributed by atoms with Crippen molar-refractivity contribution in [3.8, 4) is 0 Å². The number of ether oxygens (including phenoxy) is 1. The van der Waals surface area contributed by atoms with Crippen molar-refractivity contribution < 1.29 is 23.7 Å². The number of fused-ring (bicyclic) bond motifs is 1. The molecule has 8 nitrogen and oxygen atoms in total. The van der Waals surface area contributed by atoms with Crippen LogP contribution < -0.4 is 5.73 Å². The standard InChI is InChI=1S/C11H13F2N5O3S/c12-11(13)22-1-4-6(19)7(20)10(21-4)18-3-17-5-8(14)15-2-16-9(5)18/h2-4,6-7,10-11,19-20H,1H2,(H2,14,15,16)/t4-,6?,7?,10-/m1/s1. The minimum absolute atomic E-state index is 0.143. The monoisotopic (exact) mass is 333 g/mol. The van der Waals surface area contributed by atoms with Crippen LogP contribution in [0.4, 0.5) is 14.6 Å². The minimum atomic E-state index is -2.58. The summed E-state index contributed by atoms with van der Waals surface area (Å²) >= 11 is 0.340. The van der Waals surface area contributed by atoms with Crippen molar-refractivity contribution in [2.45, 2.75) is 30.3 Å². The number of imidazole rings is 1. The number of aromatic nitrogens is 4. The molecule has 4 atom stereocenters. The number of nitrogens with two attached hydrogens (primary N) is 1. The van der Waals surface area contributed by atoms with E-state index in [9.17, 15) is 19.0 Å². The summed E-state index contributed by atoms with van der Waals surface area (Å²) in [4.78, 5) is 11.8. The third-order valence-electron chi connectivity index (χ3n) is 3.38. The number of anilines is 1. The van der Waals surface area contributed by atoms with Crippen LogP contribution >= 0.6 is 11.8 Å². The van der Waals surface area contributed by atoms with Gasteiger partial charge in [-0.1, -0.05) is 11.8 Å². The van der Waals surface area contributed by atoms with Gasteiger partial charge in [-0.3, -0.25) is 4.57 Å². The third-order valence-corrected chi connectivity index (χ3v) is 4.16. The van der Waals surface area contributed by atoms with E-state index in [1.807, 2.05) is 0 Å². The predicted octanol–water partition coefficient (Wildman–Crippen LogP) is -0.0165. The van der Waals surface area contributed by atoms with Gasteiger partial charge in [0.25, 0.3) is 5.76 Å². The van der Waals surface area contributed by atoms with E-state index in [-0.39, 0.29) is 11.6 Å². The number of hydrogen-bond acceptors (Lipinski definition) is 8. The zero-order valence-corrected chi connectivity index (χ0v) is 11.9. The number of nitrogen functional groups attached to an aromatic ring is 1. The molecule has 3 heterocycles. The SMILES string of the molecule is Nc1ncnc2c1ncn2[C@@H]1O[C@H](CSC(F)F)C(O)C1O. The molecule has 1 fully saturated rings. The second-order valence-corrected chi connectivity index (χ2v) is 5.75.